The molecule has 0 radical (unpaired) electrons. The van der Waals surface area contributed by atoms with Crippen LogP contribution in [0, 0.1) is 6.92 Å². The Hall–Kier alpha value is -2.74. The van der Waals surface area contributed by atoms with E-state index in [1.54, 1.807) is 0 Å². The molecule has 0 aliphatic carbocycles. The van der Waals surface area contributed by atoms with E-state index < -0.39 is 0 Å². The number of hydrogen-bond acceptors (Lipinski definition) is 2. The zero-order valence-corrected chi connectivity index (χ0v) is 16.2. The molecular formula is C24H30N2. The second kappa shape index (κ2) is 9.10. The lowest BCUT2D eigenvalue weighted by molar-refractivity contribution is 1.00. The Kier molecular flexibility index (Phi) is 6.85. The summed E-state index contributed by atoms with van der Waals surface area (Å²) in [6.45, 7) is 9.94. The van der Waals surface area contributed by atoms with Crippen LogP contribution in [-0.2, 0) is 12.8 Å². The van der Waals surface area contributed by atoms with Crippen LogP contribution in [0.2, 0.25) is 0 Å². The number of nitrogen functional groups attached to an aromatic ring is 2. The smallest absolute Gasteiger partial charge is 0.0468 e. The van der Waals surface area contributed by atoms with Gasteiger partial charge in [0.15, 0.2) is 0 Å². The maximum atomic E-state index is 6.53. The SMILES string of the molecule is C=CCCc1c(/C=C\Cc2ccc(C)cc2)c(N)c(=C/C)/c(=C\C)c1N. The number of aryl methyl sites for hydroxylation is 1. The molecule has 2 heteroatoms. The van der Waals surface area contributed by atoms with Gasteiger partial charge in [-0.3, -0.25) is 0 Å². The molecule has 4 N–H and O–H groups in total. The van der Waals surface area contributed by atoms with Crippen molar-refractivity contribution in [1.29, 1.82) is 0 Å². The second-order valence-electron chi connectivity index (χ2n) is 6.54. The molecule has 0 saturated heterocycles. The van der Waals surface area contributed by atoms with Crippen molar-refractivity contribution in [2.75, 3.05) is 11.5 Å². The summed E-state index contributed by atoms with van der Waals surface area (Å²) < 4.78 is 0. The number of allylic oxidation sites excluding steroid dienone is 2. The number of nitrogens with two attached hydrogens (primary N) is 2. The van der Waals surface area contributed by atoms with Gasteiger partial charge in [0, 0.05) is 27.4 Å². The summed E-state index contributed by atoms with van der Waals surface area (Å²) in [5, 5.41) is 2.04. The molecule has 26 heavy (non-hydrogen) atoms. The van der Waals surface area contributed by atoms with Crippen molar-refractivity contribution in [1.82, 2.24) is 0 Å². The maximum Gasteiger partial charge on any atom is 0.0468 e. The van der Waals surface area contributed by atoms with Crippen molar-refractivity contribution in [3.05, 3.63) is 75.7 Å². The lowest BCUT2D eigenvalue weighted by Crippen LogP contribution is -2.33. The summed E-state index contributed by atoms with van der Waals surface area (Å²) in [6, 6.07) is 8.61. The van der Waals surface area contributed by atoms with Crippen molar-refractivity contribution < 1.29 is 0 Å². The Morgan fingerprint density at radius 1 is 0.962 bits per heavy atom. The molecule has 0 unspecified atom stereocenters. The fraction of sp³-hybridized carbons (Fsp3) is 0.250. The monoisotopic (exact) mass is 346 g/mol. The van der Waals surface area contributed by atoms with Gasteiger partial charge >= 0.3 is 0 Å². The van der Waals surface area contributed by atoms with Gasteiger partial charge in [-0.05, 0) is 51.2 Å². The van der Waals surface area contributed by atoms with Crippen LogP contribution < -0.4 is 21.9 Å². The highest BCUT2D eigenvalue weighted by atomic mass is 14.6. The molecule has 2 rings (SSSR count). The third-order valence-electron chi connectivity index (χ3n) is 4.75. The zero-order chi connectivity index (χ0) is 19.1. The van der Waals surface area contributed by atoms with Crippen LogP contribution in [0.1, 0.15) is 42.5 Å². The van der Waals surface area contributed by atoms with Gasteiger partial charge in [0.05, 0.1) is 0 Å². The Labute approximate surface area is 157 Å². The van der Waals surface area contributed by atoms with Crippen LogP contribution in [0.4, 0.5) is 11.4 Å². The van der Waals surface area contributed by atoms with Gasteiger partial charge in [0.1, 0.15) is 0 Å². The zero-order valence-electron chi connectivity index (χ0n) is 16.2. The van der Waals surface area contributed by atoms with E-state index in [4.69, 9.17) is 11.5 Å². The van der Waals surface area contributed by atoms with Crippen LogP contribution in [0.15, 0.2) is 43.0 Å². The van der Waals surface area contributed by atoms with Crippen molar-refractivity contribution in [2.45, 2.75) is 40.0 Å². The highest BCUT2D eigenvalue weighted by Crippen LogP contribution is 2.22. The summed E-state index contributed by atoms with van der Waals surface area (Å²) >= 11 is 0. The second-order valence-corrected chi connectivity index (χ2v) is 6.54. The lowest BCUT2D eigenvalue weighted by Gasteiger charge is -2.14. The van der Waals surface area contributed by atoms with Gasteiger partial charge in [-0.25, -0.2) is 0 Å². The van der Waals surface area contributed by atoms with E-state index in [2.05, 4.69) is 49.9 Å². The summed E-state index contributed by atoms with van der Waals surface area (Å²) in [6.07, 6.45) is 12.9. The molecule has 136 valence electrons. The molecule has 0 saturated carbocycles. The van der Waals surface area contributed by atoms with Gasteiger partial charge in [-0.1, -0.05) is 60.2 Å². The first-order valence-electron chi connectivity index (χ1n) is 9.18. The molecule has 0 aliphatic heterocycles. The minimum Gasteiger partial charge on any atom is -0.398 e. The molecule has 0 atom stereocenters. The third-order valence-corrected chi connectivity index (χ3v) is 4.75. The Bertz CT molecular complexity index is 916. The average Bonchev–Trinajstić information content (AvgIpc) is 2.64. The summed E-state index contributed by atoms with van der Waals surface area (Å²) in [7, 11) is 0. The van der Waals surface area contributed by atoms with E-state index in [-0.39, 0.29) is 0 Å². The fourth-order valence-corrected chi connectivity index (χ4v) is 3.27. The quantitative estimate of drug-likeness (QED) is 0.610. The van der Waals surface area contributed by atoms with Crippen molar-refractivity contribution in [3.63, 3.8) is 0 Å². The van der Waals surface area contributed by atoms with Crippen LogP contribution in [0.5, 0.6) is 0 Å². The van der Waals surface area contributed by atoms with E-state index >= 15 is 0 Å². The first kappa shape index (κ1) is 19.6. The number of hydrogen-bond donors (Lipinski definition) is 2. The minimum absolute atomic E-state index is 0.800. The van der Waals surface area contributed by atoms with Gasteiger partial charge in [-0.15, -0.1) is 6.58 Å². The van der Waals surface area contributed by atoms with E-state index in [0.717, 1.165) is 52.2 Å². The van der Waals surface area contributed by atoms with Crippen LogP contribution in [0.3, 0.4) is 0 Å². The molecule has 0 bridgehead atoms. The molecule has 0 aromatic heterocycles. The van der Waals surface area contributed by atoms with Crippen LogP contribution in [-0.4, -0.2) is 0 Å². The predicted octanol–water partition coefficient (Wildman–Crippen LogP) is 4.13. The number of anilines is 2. The first-order chi connectivity index (χ1) is 12.5. The van der Waals surface area contributed by atoms with E-state index in [0.29, 0.717) is 0 Å². The summed E-state index contributed by atoms with van der Waals surface area (Å²) in [5.41, 5.74) is 19.4. The Morgan fingerprint density at radius 2 is 1.58 bits per heavy atom. The van der Waals surface area contributed by atoms with Gasteiger partial charge in [0.2, 0.25) is 0 Å². The van der Waals surface area contributed by atoms with Gasteiger partial charge < -0.3 is 11.5 Å². The van der Waals surface area contributed by atoms with Crippen LogP contribution >= 0.6 is 0 Å². The predicted molar refractivity (Wildman–Crippen MR) is 117 cm³/mol. The van der Waals surface area contributed by atoms with Crippen molar-refractivity contribution in [3.8, 4) is 0 Å². The van der Waals surface area contributed by atoms with Crippen LogP contribution in [0.25, 0.3) is 18.2 Å². The van der Waals surface area contributed by atoms with E-state index in [1.165, 1.54) is 11.1 Å². The standard InChI is InChI=1S/C24H30N2/c1-5-8-11-21-22(12-9-10-18-15-13-17(4)14-16-18)24(26)20(7-3)19(6-2)23(21)25/h5-7,9,12-16H,1,8,10-11,25-26H2,2-4H3/b12-9-,19-6+,20-7+. The largest absolute Gasteiger partial charge is 0.398 e. The van der Waals surface area contributed by atoms with Gasteiger partial charge in [-0.2, -0.15) is 0 Å². The van der Waals surface area contributed by atoms with E-state index in [9.17, 15) is 0 Å². The molecule has 0 spiro atoms. The molecular weight excluding hydrogens is 316 g/mol. The maximum absolute atomic E-state index is 6.53. The molecule has 2 nitrogen and oxygen atoms in total. The molecule has 0 fully saturated rings. The summed E-state index contributed by atoms with van der Waals surface area (Å²) in [5.74, 6) is 0. The minimum atomic E-state index is 0.800. The number of benzene rings is 2. The Morgan fingerprint density at radius 3 is 2.15 bits per heavy atom. The lowest BCUT2D eigenvalue weighted by atomic mass is 9.94. The van der Waals surface area contributed by atoms with Gasteiger partial charge in [0.25, 0.3) is 0 Å². The number of rotatable bonds is 6. The molecule has 0 aliphatic rings. The summed E-state index contributed by atoms with van der Waals surface area (Å²) in [4.78, 5) is 0. The average molecular weight is 347 g/mol. The molecule has 2 aromatic rings. The first-order valence-corrected chi connectivity index (χ1v) is 9.18. The topological polar surface area (TPSA) is 52.0 Å². The fourth-order valence-electron chi connectivity index (χ4n) is 3.27. The Balaban J connectivity index is 2.51. The highest BCUT2D eigenvalue weighted by Gasteiger charge is 2.11. The third kappa shape index (κ3) is 4.26. The van der Waals surface area contributed by atoms with Crippen molar-refractivity contribution >= 4 is 29.6 Å². The van der Waals surface area contributed by atoms with Crippen molar-refractivity contribution in [2.24, 2.45) is 0 Å². The molecule has 2 aromatic carbocycles. The molecule has 0 amide bonds. The normalized spacial score (nSPS) is 12.9. The van der Waals surface area contributed by atoms with E-state index in [1.807, 2.05) is 32.1 Å². The molecule has 0 heterocycles. The highest BCUT2D eigenvalue weighted by molar-refractivity contribution is 5.76.